The molecule has 0 nitrogen and oxygen atoms in total. The molecule has 7 heavy (non-hydrogen) atoms. The highest BCUT2D eigenvalue weighted by Gasteiger charge is 1.81. The Bertz CT molecular complexity index is 28.9. The Morgan fingerprint density at radius 3 is 2.57 bits per heavy atom. The van der Waals surface area contributed by atoms with Crippen LogP contribution in [0.2, 0.25) is 0 Å². The Balaban J connectivity index is 2.45. The Kier molecular flexibility index (Phi) is 8.95. The van der Waals surface area contributed by atoms with Crippen LogP contribution >= 0.6 is 47.0 Å². The Morgan fingerprint density at radius 2 is 2.14 bits per heavy atom. The summed E-state index contributed by atoms with van der Waals surface area (Å²) in [5, 5.41) is 0. The van der Waals surface area contributed by atoms with Crippen LogP contribution in [0.5, 0.6) is 0 Å². The van der Waals surface area contributed by atoms with Crippen molar-refractivity contribution in [2.24, 2.45) is 0 Å². The van der Waals surface area contributed by atoms with Gasteiger partial charge in [-0.05, 0) is 5.75 Å². The first-order valence-electron chi connectivity index (χ1n) is 2.16. The van der Waals surface area contributed by atoms with Crippen molar-refractivity contribution in [2.75, 3.05) is 21.7 Å². The second-order valence-electron chi connectivity index (χ2n) is 1.02. The van der Waals surface area contributed by atoms with Crippen LogP contribution in [0.15, 0.2) is 0 Å². The van der Waals surface area contributed by atoms with Crippen LogP contribution in [0.4, 0.5) is 0 Å². The van der Waals surface area contributed by atoms with Gasteiger partial charge in [0.15, 0.2) is 0 Å². The lowest BCUT2D eigenvalue weighted by Crippen LogP contribution is -1.82. The van der Waals surface area contributed by atoms with Gasteiger partial charge in [-0.25, -0.2) is 0 Å². The summed E-state index contributed by atoms with van der Waals surface area (Å²) in [5.74, 6) is 3.49. The number of alkyl halides is 1. The fourth-order valence-corrected chi connectivity index (χ4v) is 1.99. The fourth-order valence-electron chi connectivity index (χ4n) is 0.221. The van der Waals surface area contributed by atoms with Gasteiger partial charge in [0.2, 0.25) is 0 Å². The first-order valence-corrected chi connectivity index (χ1v) is 5.47. The molecule has 3 heteroatoms. The normalized spacial score (nSPS) is 9.43. The summed E-state index contributed by atoms with van der Waals surface area (Å²) in [6.45, 7) is 0. The minimum absolute atomic E-state index is 1.02. The fraction of sp³-hybridized carbons (Fsp3) is 1.00. The van der Waals surface area contributed by atoms with Gasteiger partial charge in [-0.15, -0.1) is 0 Å². The average molecular weight is 248 g/mol. The zero-order valence-electron chi connectivity index (χ0n) is 4.06. The van der Waals surface area contributed by atoms with Gasteiger partial charge in [0.1, 0.15) is 0 Å². The standard InChI is InChI=1S/C4H9IS2/c5-1-3-7-4-2-6/h6H,1-4H2. The van der Waals surface area contributed by atoms with Gasteiger partial charge in [-0.2, -0.15) is 24.4 Å². The predicted octanol–water partition coefficient (Wildman–Crippen LogP) is 2.08. The van der Waals surface area contributed by atoms with E-state index in [0.717, 1.165) is 5.75 Å². The summed E-state index contributed by atoms with van der Waals surface area (Å²) < 4.78 is 1.26. The van der Waals surface area contributed by atoms with E-state index in [4.69, 9.17) is 0 Å². The summed E-state index contributed by atoms with van der Waals surface area (Å²) in [6, 6.07) is 0. The molecule has 0 spiro atoms. The van der Waals surface area contributed by atoms with Gasteiger partial charge < -0.3 is 0 Å². The van der Waals surface area contributed by atoms with E-state index in [-0.39, 0.29) is 0 Å². The highest BCUT2D eigenvalue weighted by Crippen LogP contribution is 2.00. The van der Waals surface area contributed by atoms with E-state index in [2.05, 4.69) is 35.2 Å². The number of hydrogen-bond donors (Lipinski definition) is 1. The molecule has 0 aliphatic heterocycles. The van der Waals surface area contributed by atoms with E-state index in [9.17, 15) is 0 Å². The topological polar surface area (TPSA) is 0 Å². The molecule has 44 valence electrons. The van der Waals surface area contributed by atoms with Crippen LogP contribution in [-0.2, 0) is 0 Å². The van der Waals surface area contributed by atoms with Gasteiger partial charge in [0, 0.05) is 15.9 Å². The average Bonchev–Trinajstić information content (AvgIpc) is 1.69. The van der Waals surface area contributed by atoms with Gasteiger partial charge in [-0.1, -0.05) is 22.6 Å². The minimum Gasteiger partial charge on any atom is -0.179 e. The Labute approximate surface area is 68.4 Å². The Hall–Kier alpha value is 1.43. The monoisotopic (exact) mass is 248 g/mol. The van der Waals surface area contributed by atoms with Crippen molar-refractivity contribution in [3.8, 4) is 0 Å². The van der Waals surface area contributed by atoms with E-state index in [1.807, 2.05) is 11.8 Å². The molecule has 0 saturated heterocycles. The van der Waals surface area contributed by atoms with Gasteiger partial charge in [0.25, 0.3) is 0 Å². The van der Waals surface area contributed by atoms with E-state index in [0.29, 0.717) is 0 Å². The smallest absolute Gasteiger partial charge is 0.00863 e. The minimum atomic E-state index is 1.02. The maximum Gasteiger partial charge on any atom is 0.00863 e. The van der Waals surface area contributed by atoms with Crippen molar-refractivity contribution in [3.63, 3.8) is 0 Å². The van der Waals surface area contributed by atoms with Crippen LogP contribution < -0.4 is 0 Å². The van der Waals surface area contributed by atoms with Gasteiger partial charge in [0.05, 0.1) is 0 Å². The molecule has 0 radical (unpaired) electrons. The summed E-state index contributed by atoms with van der Waals surface area (Å²) >= 11 is 8.42. The number of thioether (sulfide) groups is 1. The lowest BCUT2D eigenvalue weighted by atomic mass is 10.9. The van der Waals surface area contributed by atoms with Crippen molar-refractivity contribution in [1.29, 1.82) is 0 Å². The third-order valence-electron chi connectivity index (χ3n) is 0.457. The third-order valence-corrected chi connectivity index (χ3v) is 3.24. The summed E-state index contributed by atoms with van der Waals surface area (Å²) in [4.78, 5) is 0. The zero-order valence-corrected chi connectivity index (χ0v) is 7.93. The Morgan fingerprint density at radius 1 is 1.43 bits per heavy atom. The van der Waals surface area contributed by atoms with Crippen LogP contribution in [0.1, 0.15) is 0 Å². The third kappa shape index (κ3) is 7.43. The zero-order chi connectivity index (χ0) is 5.54. The first kappa shape index (κ1) is 8.43. The summed E-state index contributed by atoms with van der Waals surface area (Å²) in [5.41, 5.74) is 0. The highest BCUT2D eigenvalue weighted by molar-refractivity contribution is 14.1. The number of halogens is 1. The van der Waals surface area contributed by atoms with Crippen LogP contribution in [0.25, 0.3) is 0 Å². The molecule has 0 aromatic carbocycles. The van der Waals surface area contributed by atoms with Crippen molar-refractivity contribution in [2.45, 2.75) is 0 Å². The molecule has 0 rings (SSSR count). The van der Waals surface area contributed by atoms with Crippen molar-refractivity contribution < 1.29 is 0 Å². The maximum absolute atomic E-state index is 4.07. The molecule has 0 aromatic heterocycles. The molecule has 0 N–H and O–H groups in total. The highest BCUT2D eigenvalue weighted by atomic mass is 127. The first-order chi connectivity index (χ1) is 3.41. The van der Waals surface area contributed by atoms with E-state index >= 15 is 0 Å². The molecule has 0 bridgehead atoms. The van der Waals surface area contributed by atoms with Crippen LogP contribution in [0.3, 0.4) is 0 Å². The van der Waals surface area contributed by atoms with Crippen molar-refractivity contribution in [1.82, 2.24) is 0 Å². The molecule has 0 saturated carbocycles. The lowest BCUT2D eigenvalue weighted by molar-refractivity contribution is 1.52. The molecule has 0 atom stereocenters. The molecular weight excluding hydrogens is 239 g/mol. The maximum atomic E-state index is 4.07. The number of rotatable bonds is 4. The molecule has 0 amide bonds. The van der Waals surface area contributed by atoms with Crippen molar-refractivity contribution >= 4 is 47.0 Å². The van der Waals surface area contributed by atoms with E-state index in [1.165, 1.54) is 15.9 Å². The van der Waals surface area contributed by atoms with Crippen LogP contribution in [-0.4, -0.2) is 21.7 Å². The summed E-state index contributed by atoms with van der Waals surface area (Å²) in [6.07, 6.45) is 0. The largest absolute Gasteiger partial charge is 0.179 e. The van der Waals surface area contributed by atoms with E-state index < -0.39 is 0 Å². The molecule has 0 aromatic rings. The van der Waals surface area contributed by atoms with E-state index in [1.54, 1.807) is 0 Å². The SMILES string of the molecule is SCCSCCI. The molecule has 0 aliphatic carbocycles. The van der Waals surface area contributed by atoms with Crippen molar-refractivity contribution in [3.05, 3.63) is 0 Å². The second kappa shape index (κ2) is 7.43. The van der Waals surface area contributed by atoms with Gasteiger partial charge in [-0.3, -0.25) is 0 Å². The molecule has 0 heterocycles. The molecule has 0 fully saturated rings. The van der Waals surface area contributed by atoms with Crippen LogP contribution in [0, 0.1) is 0 Å². The molecule has 0 aliphatic rings. The summed E-state index contributed by atoms with van der Waals surface area (Å²) in [7, 11) is 0. The second-order valence-corrected chi connectivity index (χ2v) is 3.78. The molecule has 0 unspecified atom stereocenters. The quantitative estimate of drug-likeness (QED) is 0.344. The number of hydrogen-bond acceptors (Lipinski definition) is 2. The predicted molar refractivity (Wildman–Crippen MR) is 50.1 cm³/mol. The van der Waals surface area contributed by atoms with Gasteiger partial charge >= 0.3 is 0 Å². The lowest BCUT2D eigenvalue weighted by Gasteiger charge is -1.90. The molecular formula is C4H9IS2. The number of thiol groups is 1.